The van der Waals surface area contributed by atoms with E-state index in [0.29, 0.717) is 23.0 Å². The Morgan fingerprint density at radius 3 is 2.47 bits per heavy atom. The van der Waals surface area contributed by atoms with Crippen LogP contribution in [0.15, 0.2) is 88.4 Å². The lowest BCUT2D eigenvalue weighted by Crippen LogP contribution is -2.24. The van der Waals surface area contributed by atoms with Crippen LogP contribution in [-0.4, -0.2) is 24.7 Å². The molecule has 0 saturated carbocycles. The Kier molecular flexibility index (Phi) is 9.17. The number of hydrogen-bond donors (Lipinski definition) is 1. The Labute approximate surface area is 207 Å². The molecule has 0 aliphatic heterocycles. The molecule has 3 aromatic carbocycles. The Balaban J connectivity index is 1.55. The molecule has 0 fully saturated rings. The highest BCUT2D eigenvalue weighted by Gasteiger charge is 2.08. The number of halogens is 1. The standard InChI is InChI=1S/C27H25BrN2O4/c1-19(2)21-9-12-24(13-10-21)33-18-26(31)30-29-17-22-16-23(28)11-14-25(22)34-27(32)15-8-20-6-4-3-5-7-20/h3-17,19H,18H2,1-2H3,(H,30,31). The molecule has 7 heteroatoms. The number of esters is 1. The summed E-state index contributed by atoms with van der Waals surface area (Å²) in [5.74, 6) is 0.401. The van der Waals surface area contributed by atoms with Crippen molar-refractivity contribution in [3.63, 3.8) is 0 Å². The highest BCUT2D eigenvalue weighted by Crippen LogP contribution is 2.22. The summed E-state index contributed by atoms with van der Waals surface area (Å²) in [7, 11) is 0. The molecule has 1 amide bonds. The summed E-state index contributed by atoms with van der Waals surface area (Å²) >= 11 is 3.39. The van der Waals surface area contributed by atoms with Gasteiger partial charge in [0.05, 0.1) is 6.21 Å². The molecular weight excluding hydrogens is 496 g/mol. The van der Waals surface area contributed by atoms with Gasteiger partial charge >= 0.3 is 5.97 Å². The molecule has 0 bridgehead atoms. The molecule has 0 radical (unpaired) electrons. The molecule has 0 heterocycles. The second-order valence-corrected chi connectivity index (χ2v) is 8.57. The smallest absolute Gasteiger partial charge is 0.336 e. The van der Waals surface area contributed by atoms with E-state index in [-0.39, 0.29) is 6.61 Å². The molecule has 6 nitrogen and oxygen atoms in total. The first-order valence-electron chi connectivity index (χ1n) is 10.7. The van der Waals surface area contributed by atoms with E-state index in [1.165, 1.54) is 17.9 Å². The first kappa shape index (κ1) is 24.9. The third-order valence-electron chi connectivity index (χ3n) is 4.70. The van der Waals surface area contributed by atoms with Gasteiger partial charge in [0, 0.05) is 16.1 Å². The molecule has 174 valence electrons. The lowest BCUT2D eigenvalue weighted by molar-refractivity contribution is -0.129. The monoisotopic (exact) mass is 520 g/mol. The molecule has 0 unspecified atom stereocenters. The van der Waals surface area contributed by atoms with Crippen molar-refractivity contribution in [1.82, 2.24) is 5.43 Å². The second kappa shape index (κ2) is 12.5. The van der Waals surface area contributed by atoms with Gasteiger partial charge in [-0.25, -0.2) is 10.2 Å². The zero-order valence-electron chi connectivity index (χ0n) is 18.9. The zero-order chi connectivity index (χ0) is 24.3. The third kappa shape index (κ3) is 8.01. The number of carbonyl (C=O) groups is 2. The maximum absolute atomic E-state index is 12.2. The van der Waals surface area contributed by atoms with Crippen LogP contribution in [0.3, 0.4) is 0 Å². The van der Waals surface area contributed by atoms with Gasteiger partial charge in [-0.05, 0) is 53.5 Å². The SMILES string of the molecule is CC(C)c1ccc(OCC(=O)NN=Cc2cc(Br)ccc2OC(=O)C=Cc2ccccc2)cc1. The molecule has 1 N–H and O–H groups in total. The maximum Gasteiger partial charge on any atom is 0.336 e. The Bertz CT molecular complexity index is 1170. The predicted molar refractivity (Wildman–Crippen MR) is 137 cm³/mol. The second-order valence-electron chi connectivity index (χ2n) is 7.65. The fraction of sp³-hybridized carbons (Fsp3) is 0.148. The largest absolute Gasteiger partial charge is 0.484 e. The van der Waals surface area contributed by atoms with Gasteiger partial charge < -0.3 is 9.47 Å². The topological polar surface area (TPSA) is 77.0 Å². The van der Waals surface area contributed by atoms with Crippen LogP contribution in [0, 0.1) is 0 Å². The quantitative estimate of drug-likeness (QED) is 0.129. The van der Waals surface area contributed by atoms with Crippen molar-refractivity contribution >= 4 is 40.1 Å². The average Bonchev–Trinajstić information content (AvgIpc) is 2.84. The van der Waals surface area contributed by atoms with Crippen molar-refractivity contribution in [2.24, 2.45) is 5.10 Å². The number of hydrogen-bond acceptors (Lipinski definition) is 5. The number of nitrogens with zero attached hydrogens (tertiary/aromatic N) is 1. The van der Waals surface area contributed by atoms with E-state index in [0.717, 1.165) is 10.0 Å². The highest BCUT2D eigenvalue weighted by molar-refractivity contribution is 9.10. The molecule has 34 heavy (non-hydrogen) atoms. The van der Waals surface area contributed by atoms with Gasteiger partial charge in [-0.15, -0.1) is 0 Å². The molecule has 0 saturated heterocycles. The van der Waals surface area contributed by atoms with E-state index >= 15 is 0 Å². The van der Waals surface area contributed by atoms with Crippen LogP contribution in [0.4, 0.5) is 0 Å². The molecule has 0 aliphatic carbocycles. The molecule has 0 atom stereocenters. The molecule has 3 rings (SSSR count). The minimum atomic E-state index is -0.526. The summed E-state index contributed by atoms with van der Waals surface area (Å²) in [6, 6.07) is 22.2. The molecule has 0 spiro atoms. The summed E-state index contributed by atoms with van der Waals surface area (Å²) in [6.45, 7) is 4.05. The van der Waals surface area contributed by atoms with Crippen LogP contribution in [-0.2, 0) is 9.59 Å². The Morgan fingerprint density at radius 1 is 1.03 bits per heavy atom. The number of ether oxygens (including phenoxy) is 2. The van der Waals surface area contributed by atoms with Crippen LogP contribution in [0.2, 0.25) is 0 Å². The van der Waals surface area contributed by atoms with E-state index in [1.54, 1.807) is 24.3 Å². The summed E-state index contributed by atoms with van der Waals surface area (Å²) in [4.78, 5) is 24.3. The summed E-state index contributed by atoms with van der Waals surface area (Å²) in [5, 5.41) is 3.96. The van der Waals surface area contributed by atoms with Crippen molar-refractivity contribution < 1.29 is 19.1 Å². The fourth-order valence-electron chi connectivity index (χ4n) is 2.89. The first-order chi connectivity index (χ1) is 16.4. The van der Waals surface area contributed by atoms with Gasteiger partial charge in [0.15, 0.2) is 6.61 Å². The molecular formula is C27H25BrN2O4. The molecule has 3 aromatic rings. The number of benzene rings is 3. The predicted octanol–water partition coefficient (Wildman–Crippen LogP) is 5.72. The maximum atomic E-state index is 12.2. The van der Waals surface area contributed by atoms with Crippen LogP contribution >= 0.6 is 15.9 Å². The van der Waals surface area contributed by atoms with E-state index < -0.39 is 11.9 Å². The fourth-order valence-corrected chi connectivity index (χ4v) is 3.27. The van der Waals surface area contributed by atoms with Crippen molar-refractivity contribution in [3.8, 4) is 11.5 Å². The Morgan fingerprint density at radius 2 is 1.76 bits per heavy atom. The number of rotatable bonds is 9. The zero-order valence-corrected chi connectivity index (χ0v) is 20.5. The number of amides is 1. The van der Waals surface area contributed by atoms with Crippen LogP contribution in [0.25, 0.3) is 6.08 Å². The number of hydrazone groups is 1. The molecule has 0 aromatic heterocycles. The van der Waals surface area contributed by atoms with Gasteiger partial charge in [-0.2, -0.15) is 5.10 Å². The lowest BCUT2D eigenvalue weighted by Gasteiger charge is -2.08. The number of nitrogens with one attached hydrogen (secondary N) is 1. The van der Waals surface area contributed by atoms with Crippen LogP contribution in [0.1, 0.15) is 36.5 Å². The van der Waals surface area contributed by atoms with E-state index in [4.69, 9.17) is 9.47 Å². The highest BCUT2D eigenvalue weighted by atomic mass is 79.9. The summed E-state index contributed by atoms with van der Waals surface area (Å²) < 4.78 is 11.7. The van der Waals surface area contributed by atoms with Gasteiger partial charge in [0.1, 0.15) is 11.5 Å². The lowest BCUT2D eigenvalue weighted by atomic mass is 10.0. The van der Waals surface area contributed by atoms with E-state index in [9.17, 15) is 9.59 Å². The van der Waals surface area contributed by atoms with Crippen molar-refractivity contribution in [3.05, 3.63) is 100 Å². The van der Waals surface area contributed by atoms with Gasteiger partial charge in [0.2, 0.25) is 0 Å². The van der Waals surface area contributed by atoms with Gasteiger partial charge in [-0.1, -0.05) is 72.2 Å². The first-order valence-corrected chi connectivity index (χ1v) is 11.5. The van der Waals surface area contributed by atoms with E-state index in [2.05, 4.69) is 40.3 Å². The minimum absolute atomic E-state index is 0.178. The van der Waals surface area contributed by atoms with Crippen molar-refractivity contribution in [2.45, 2.75) is 19.8 Å². The van der Waals surface area contributed by atoms with Crippen LogP contribution in [0.5, 0.6) is 11.5 Å². The Hall–Kier alpha value is -3.71. The van der Waals surface area contributed by atoms with Crippen molar-refractivity contribution in [1.29, 1.82) is 0 Å². The van der Waals surface area contributed by atoms with Crippen LogP contribution < -0.4 is 14.9 Å². The van der Waals surface area contributed by atoms with Gasteiger partial charge in [-0.3, -0.25) is 4.79 Å². The van der Waals surface area contributed by atoms with Gasteiger partial charge in [0.25, 0.3) is 5.91 Å². The number of carbonyl (C=O) groups excluding carboxylic acids is 2. The normalized spacial score (nSPS) is 11.2. The molecule has 0 aliphatic rings. The summed E-state index contributed by atoms with van der Waals surface area (Å²) in [5.41, 5.74) is 5.01. The van der Waals surface area contributed by atoms with Crippen molar-refractivity contribution in [2.75, 3.05) is 6.61 Å². The minimum Gasteiger partial charge on any atom is -0.484 e. The third-order valence-corrected chi connectivity index (χ3v) is 5.20. The van der Waals surface area contributed by atoms with E-state index in [1.807, 2.05) is 54.6 Å². The summed E-state index contributed by atoms with van der Waals surface area (Å²) in [6.07, 6.45) is 4.43. The average molecular weight is 521 g/mol.